The van der Waals surface area contributed by atoms with E-state index in [1.54, 1.807) is 12.3 Å². The van der Waals surface area contributed by atoms with Crippen LogP contribution in [0.25, 0.3) is 0 Å². The maximum absolute atomic E-state index is 12.1. The van der Waals surface area contributed by atoms with Crippen LogP contribution in [0.1, 0.15) is 30.3 Å². The van der Waals surface area contributed by atoms with E-state index in [9.17, 15) is 4.79 Å². The Labute approximate surface area is 116 Å². The van der Waals surface area contributed by atoms with Crippen molar-refractivity contribution in [2.45, 2.75) is 25.8 Å². The summed E-state index contributed by atoms with van der Waals surface area (Å²) < 4.78 is 0.744. The van der Waals surface area contributed by atoms with Crippen molar-refractivity contribution in [1.29, 1.82) is 0 Å². The molecule has 5 heteroatoms. The van der Waals surface area contributed by atoms with Gasteiger partial charge in [0.05, 0.1) is 0 Å². The fraction of sp³-hybridized carbons (Fsp3) is 0.538. The number of carbonyl (C=O) groups excluding carboxylic acids is 1. The molecule has 18 heavy (non-hydrogen) atoms. The number of aromatic nitrogens is 1. The minimum Gasteiger partial charge on any atom is -0.348 e. The van der Waals surface area contributed by atoms with Crippen LogP contribution in [0.15, 0.2) is 22.8 Å². The van der Waals surface area contributed by atoms with E-state index in [2.05, 4.69) is 38.1 Å². The van der Waals surface area contributed by atoms with E-state index in [4.69, 9.17) is 0 Å². The van der Waals surface area contributed by atoms with Crippen LogP contribution in [0, 0.1) is 0 Å². The van der Waals surface area contributed by atoms with Crippen LogP contribution < -0.4 is 5.32 Å². The van der Waals surface area contributed by atoms with Gasteiger partial charge in [-0.1, -0.05) is 6.92 Å². The Morgan fingerprint density at radius 2 is 2.28 bits per heavy atom. The third-order valence-corrected chi connectivity index (χ3v) is 3.98. The van der Waals surface area contributed by atoms with Gasteiger partial charge in [0.1, 0.15) is 5.69 Å². The predicted octanol–water partition coefficient (Wildman–Crippen LogP) is 2.06. The maximum atomic E-state index is 12.1. The summed E-state index contributed by atoms with van der Waals surface area (Å²) in [5.41, 5.74) is 0.468. The summed E-state index contributed by atoms with van der Waals surface area (Å²) in [5, 5.41) is 3.06. The van der Waals surface area contributed by atoms with Crippen molar-refractivity contribution in [2.75, 3.05) is 19.6 Å². The first-order chi connectivity index (χ1) is 8.70. The lowest BCUT2D eigenvalue weighted by Gasteiger charge is -2.31. The van der Waals surface area contributed by atoms with Crippen molar-refractivity contribution in [3.63, 3.8) is 0 Å². The van der Waals surface area contributed by atoms with Crippen molar-refractivity contribution in [3.8, 4) is 0 Å². The highest BCUT2D eigenvalue weighted by Gasteiger charge is 2.21. The van der Waals surface area contributed by atoms with Crippen LogP contribution in [-0.2, 0) is 0 Å². The van der Waals surface area contributed by atoms with Crippen LogP contribution in [-0.4, -0.2) is 41.5 Å². The lowest BCUT2D eigenvalue weighted by atomic mass is 10.0. The van der Waals surface area contributed by atoms with Crippen LogP contribution >= 0.6 is 15.9 Å². The van der Waals surface area contributed by atoms with Gasteiger partial charge in [0.15, 0.2) is 0 Å². The summed E-state index contributed by atoms with van der Waals surface area (Å²) in [6, 6.07) is 3.91. The highest BCUT2D eigenvalue weighted by Crippen LogP contribution is 2.15. The minimum absolute atomic E-state index is 0.0857. The number of amides is 1. The van der Waals surface area contributed by atoms with E-state index in [1.165, 1.54) is 0 Å². The highest BCUT2D eigenvalue weighted by atomic mass is 79.9. The van der Waals surface area contributed by atoms with Gasteiger partial charge in [-0.15, -0.1) is 0 Å². The zero-order valence-electron chi connectivity index (χ0n) is 10.5. The highest BCUT2D eigenvalue weighted by molar-refractivity contribution is 9.10. The zero-order chi connectivity index (χ0) is 13.0. The molecule has 0 spiro atoms. The number of likely N-dealkylation sites (tertiary alicyclic amines) is 1. The molecule has 0 aromatic carbocycles. The van der Waals surface area contributed by atoms with Gasteiger partial charge >= 0.3 is 0 Å². The summed E-state index contributed by atoms with van der Waals surface area (Å²) in [5.74, 6) is -0.0857. The summed E-state index contributed by atoms with van der Waals surface area (Å²) in [6.07, 6.45) is 3.67. The zero-order valence-corrected chi connectivity index (χ0v) is 12.1. The average molecular weight is 312 g/mol. The molecule has 1 aliphatic rings. The molecule has 2 rings (SSSR count). The van der Waals surface area contributed by atoms with Crippen molar-refractivity contribution in [2.24, 2.45) is 0 Å². The third kappa shape index (κ3) is 3.29. The molecule has 1 amide bonds. The molecular formula is C13H18BrN3O. The Balaban J connectivity index is 1.91. The van der Waals surface area contributed by atoms with Crippen molar-refractivity contribution >= 4 is 21.8 Å². The molecule has 0 saturated carbocycles. The Hall–Kier alpha value is -0.940. The van der Waals surface area contributed by atoms with E-state index >= 15 is 0 Å². The topological polar surface area (TPSA) is 45.2 Å². The maximum Gasteiger partial charge on any atom is 0.271 e. The Morgan fingerprint density at radius 3 is 2.89 bits per heavy atom. The quantitative estimate of drug-likeness (QED) is 0.929. The molecule has 1 aliphatic heterocycles. The van der Waals surface area contributed by atoms with Crippen LogP contribution in [0.3, 0.4) is 0 Å². The van der Waals surface area contributed by atoms with E-state index in [0.717, 1.165) is 36.9 Å². The predicted molar refractivity (Wildman–Crippen MR) is 74.5 cm³/mol. The number of nitrogens with zero attached hydrogens (tertiary/aromatic N) is 2. The normalized spacial score (nSPS) is 17.7. The first-order valence-electron chi connectivity index (χ1n) is 6.34. The molecule has 4 nitrogen and oxygen atoms in total. The first-order valence-corrected chi connectivity index (χ1v) is 7.13. The number of piperidine rings is 1. The molecule has 1 aromatic rings. The largest absolute Gasteiger partial charge is 0.348 e. The number of hydrogen-bond acceptors (Lipinski definition) is 3. The lowest BCUT2D eigenvalue weighted by molar-refractivity contribution is 0.0907. The SMILES string of the molecule is CCN1CCC(NC(=O)c2ncccc2Br)CC1. The molecule has 0 atom stereocenters. The Kier molecular flexibility index (Phi) is 4.72. The fourth-order valence-electron chi connectivity index (χ4n) is 2.20. The molecular weight excluding hydrogens is 294 g/mol. The van der Waals surface area contributed by atoms with Gasteiger partial charge in [0, 0.05) is 29.8 Å². The number of rotatable bonds is 3. The molecule has 0 unspecified atom stereocenters. The van der Waals surface area contributed by atoms with Gasteiger partial charge < -0.3 is 10.2 Å². The molecule has 98 valence electrons. The van der Waals surface area contributed by atoms with Crippen molar-refractivity contribution in [1.82, 2.24) is 15.2 Å². The van der Waals surface area contributed by atoms with Gasteiger partial charge in [-0.2, -0.15) is 0 Å². The number of halogens is 1. The van der Waals surface area contributed by atoms with E-state index < -0.39 is 0 Å². The Bertz CT molecular complexity index is 416. The van der Waals surface area contributed by atoms with Crippen LogP contribution in [0.5, 0.6) is 0 Å². The number of nitrogens with one attached hydrogen (secondary N) is 1. The summed E-state index contributed by atoms with van der Waals surface area (Å²) in [7, 11) is 0. The third-order valence-electron chi connectivity index (χ3n) is 3.34. The second kappa shape index (κ2) is 6.29. The molecule has 1 N–H and O–H groups in total. The second-order valence-electron chi connectivity index (χ2n) is 4.52. The molecule has 1 saturated heterocycles. The minimum atomic E-state index is -0.0857. The number of hydrogen-bond donors (Lipinski definition) is 1. The fourth-order valence-corrected chi connectivity index (χ4v) is 2.64. The molecule has 1 fully saturated rings. The smallest absolute Gasteiger partial charge is 0.271 e. The van der Waals surface area contributed by atoms with Gasteiger partial charge in [-0.3, -0.25) is 4.79 Å². The van der Waals surface area contributed by atoms with E-state index in [1.807, 2.05) is 6.07 Å². The monoisotopic (exact) mass is 311 g/mol. The number of carbonyl (C=O) groups is 1. The van der Waals surface area contributed by atoms with E-state index in [-0.39, 0.29) is 11.9 Å². The molecule has 0 aliphatic carbocycles. The number of pyridine rings is 1. The van der Waals surface area contributed by atoms with Gasteiger partial charge in [-0.25, -0.2) is 4.98 Å². The lowest BCUT2D eigenvalue weighted by Crippen LogP contribution is -2.44. The molecule has 2 heterocycles. The molecule has 0 bridgehead atoms. The van der Waals surface area contributed by atoms with Crippen LogP contribution in [0.2, 0.25) is 0 Å². The molecule has 0 radical (unpaired) electrons. The summed E-state index contributed by atoms with van der Waals surface area (Å²) >= 11 is 3.35. The summed E-state index contributed by atoms with van der Waals surface area (Å²) in [4.78, 5) is 18.6. The van der Waals surface area contributed by atoms with Crippen LogP contribution in [0.4, 0.5) is 0 Å². The van der Waals surface area contributed by atoms with Gasteiger partial charge in [-0.05, 0) is 47.4 Å². The average Bonchev–Trinajstić information content (AvgIpc) is 2.40. The van der Waals surface area contributed by atoms with Gasteiger partial charge in [0.2, 0.25) is 0 Å². The second-order valence-corrected chi connectivity index (χ2v) is 5.37. The van der Waals surface area contributed by atoms with E-state index in [0.29, 0.717) is 5.69 Å². The Morgan fingerprint density at radius 1 is 1.56 bits per heavy atom. The van der Waals surface area contributed by atoms with Crippen molar-refractivity contribution < 1.29 is 4.79 Å². The van der Waals surface area contributed by atoms with Crippen molar-refractivity contribution in [3.05, 3.63) is 28.5 Å². The summed E-state index contributed by atoms with van der Waals surface area (Å²) in [6.45, 7) is 5.38. The first kappa shape index (κ1) is 13.5. The standard InChI is InChI=1S/C13H18BrN3O/c1-2-17-8-5-10(6-9-17)16-13(18)12-11(14)4-3-7-15-12/h3-4,7,10H,2,5-6,8-9H2,1H3,(H,16,18). The van der Waals surface area contributed by atoms with Gasteiger partial charge in [0.25, 0.3) is 5.91 Å². The molecule has 1 aromatic heterocycles.